The third-order valence-corrected chi connectivity index (χ3v) is 14.8. The molecule has 0 amide bonds. The second kappa shape index (κ2) is 75.2. The fraction of sp³-hybridized carbons (Fsp3) is 0.671. The number of unbranched alkanes of at least 4 members (excludes halogenated alkanes) is 14. The van der Waals surface area contributed by atoms with Gasteiger partial charge >= 0.3 is 77.6 Å². The number of methoxy groups -OCH3 is 2. The van der Waals surface area contributed by atoms with Gasteiger partial charge in [-0.3, -0.25) is 19.2 Å². The minimum Gasteiger partial charge on any atom is -0.466 e. The van der Waals surface area contributed by atoms with Crippen molar-refractivity contribution >= 4 is 77.6 Å². The Hall–Kier alpha value is -8.83. The van der Waals surface area contributed by atoms with Gasteiger partial charge < -0.3 is 76.9 Å². The maximum absolute atomic E-state index is 12.2. The molecule has 29 heteroatoms. The Balaban J connectivity index is -0.000000625. The van der Waals surface area contributed by atoms with E-state index in [0.717, 1.165) is 134 Å². The summed E-state index contributed by atoms with van der Waals surface area (Å²) < 4.78 is 62.9. The van der Waals surface area contributed by atoms with Crippen LogP contribution in [0.25, 0.3) is 0 Å². The Labute approximate surface area is 657 Å². The Morgan fingerprint density at radius 1 is 0.315 bits per heavy atom. The number of hydrogen-bond acceptors (Lipinski definition) is 29. The predicted molar refractivity (Wildman–Crippen MR) is 413 cm³/mol. The molecule has 29 nitrogen and oxygen atoms in total. The van der Waals surface area contributed by atoms with Crippen LogP contribution in [0, 0.1) is 0 Å². The Morgan fingerprint density at radius 2 is 0.559 bits per heavy atom. The molecule has 3 N–H and O–H groups in total. The van der Waals surface area contributed by atoms with Crippen LogP contribution in [-0.4, -0.2) is 198 Å². The number of ether oxygens (including phenoxy) is 13. The zero-order chi connectivity index (χ0) is 84.3. The summed E-state index contributed by atoms with van der Waals surface area (Å²) in [6.45, 7) is 24.6. The van der Waals surface area contributed by atoms with Crippen LogP contribution >= 0.6 is 0 Å². The molecule has 2 unspecified atom stereocenters. The van der Waals surface area contributed by atoms with E-state index in [-0.39, 0.29) is 80.4 Å². The van der Waals surface area contributed by atoms with Crippen molar-refractivity contribution in [2.24, 2.45) is 0 Å². The number of benzene rings is 2. The Bertz CT molecular complexity index is 2710. The van der Waals surface area contributed by atoms with Gasteiger partial charge in [-0.2, -0.15) is 0 Å². The normalized spacial score (nSPS) is 10.8. The fourth-order valence-corrected chi connectivity index (χ4v) is 8.19. The van der Waals surface area contributed by atoms with Crippen LogP contribution in [0.2, 0.25) is 0 Å². The number of aliphatic hydroxyl groups is 3. The molecule has 0 fully saturated rings. The quantitative estimate of drug-likeness (QED) is 0.0240. The largest absolute Gasteiger partial charge is 0.466 e. The van der Waals surface area contributed by atoms with Crippen LogP contribution in [0.1, 0.15) is 297 Å². The summed E-state index contributed by atoms with van der Waals surface area (Å²) in [5.41, 5.74) is -1.37. The molecule has 634 valence electrons. The zero-order valence-electron chi connectivity index (χ0n) is 68.5. The molecular weight excluding hydrogens is 1450 g/mol. The summed E-state index contributed by atoms with van der Waals surface area (Å²) in [7, 11) is 2.52. The predicted octanol–water partition coefficient (Wildman–Crippen LogP) is 13.2. The van der Waals surface area contributed by atoms with Crippen molar-refractivity contribution in [1.82, 2.24) is 0 Å². The number of esters is 13. The average Bonchev–Trinajstić information content (AvgIpc) is 0.855. The Morgan fingerprint density at radius 3 is 0.829 bits per heavy atom. The lowest BCUT2D eigenvalue weighted by molar-refractivity contribution is -0.178. The van der Waals surface area contributed by atoms with Crippen molar-refractivity contribution in [3.63, 3.8) is 0 Å². The molecule has 0 heterocycles. The molecule has 0 aliphatic heterocycles. The molecule has 2 aromatic rings. The first-order valence-corrected chi connectivity index (χ1v) is 39.2. The molecule has 0 radical (unpaired) electrons. The maximum Gasteiger partial charge on any atom is 0.339 e. The molecule has 0 spiro atoms. The van der Waals surface area contributed by atoms with Gasteiger partial charge in [-0.05, 0) is 109 Å². The van der Waals surface area contributed by atoms with Gasteiger partial charge in [0.05, 0.1) is 122 Å². The van der Waals surface area contributed by atoms with E-state index in [1.807, 2.05) is 48.5 Å². The van der Waals surface area contributed by atoms with Gasteiger partial charge in [0.15, 0.2) is 17.8 Å². The molecule has 0 saturated carbocycles. The van der Waals surface area contributed by atoms with E-state index in [0.29, 0.717) is 71.4 Å². The minimum absolute atomic E-state index is 0.0664. The minimum atomic E-state index is -2.26. The molecule has 111 heavy (non-hydrogen) atoms. The molecule has 2 rings (SSSR count). The van der Waals surface area contributed by atoms with E-state index in [1.165, 1.54) is 26.4 Å². The number of carbonyl (C=O) groups is 13. The summed E-state index contributed by atoms with van der Waals surface area (Å²) in [5.74, 6) is -7.76. The van der Waals surface area contributed by atoms with Gasteiger partial charge in [0.1, 0.15) is 0 Å². The highest BCUT2D eigenvalue weighted by Gasteiger charge is 2.43. The Kier molecular flexibility index (Phi) is 73.5. The van der Waals surface area contributed by atoms with E-state index in [9.17, 15) is 77.6 Å². The van der Waals surface area contributed by atoms with E-state index in [4.69, 9.17) is 42.6 Å². The van der Waals surface area contributed by atoms with E-state index >= 15 is 0 Å². The van der Waals surface area contributed by atoms with Gasteiger partial charge in [-0.1, -0.05) is 170 Å². The first-order valence-electron chi connectivity index (χ1n) is 39.2. The highest BCUT2D eigenvalue weighted by Crippen LogP contribution is 2.21. The van der Waals surface area contributed by atoms with Crippen LogP contribution in [-0.2, 0) is 105 Å². The van der Waals surface area contributed by atoms with E-state index < -0.39 is 96.3 Å². The van der Waals surface area contributed by atoms with Crippen LogP contribution in [0.15, 0.2) is 60.7 Å². The smallest absolute Gasteiger partial charge is 0.339 e. The van der Waals surface area contributed by atoms with Crippen molar-refractivity contribution in [3.05, 3.63) is 82.9 Å². The molecule has 2 aromatic carbocycles. The molecule has 2 atom stereocenters. The third-order valence-electron chi connectivity index (χ3n) is 14.8. The zero-order valence-corrected chi connectivity index (χ0v) is 68.5. The molecular formula is C82H132O29. The lowest BCUT2D eigenvalue weighted by Crippen LogP contribution is -2.45. The summed E-state index contributed by atoms with van der Waals surface area (Å²) in [6.07, 6.45) is 19.5. The van der Waals surface area contributed by atoms with Crippen molar-refractivity contribution in [2.45, 2.75) is 274 Å². The standard InChI is InChI=1S/C18H32O7.C18H34O4.C12H22O6.C12H14O4.C12H20O4.C10H10O4/c1-4-7-10-23-15(19)13-18(22,17(21)25-12-9-6-3)14-16(20)24-11-8-5-2;1-3-5-15-21-17(19)13-11-9-7-8-10-12-14-18(20)22-16-6-4-2;1-3-5-7-17-11(15)9(13)10(14)12(16)18-8-6-4-2;1-3-15-11(13)9-7-5-6-8-10(9)12(14)16-4-2;1-3-5-9-15-11(13)7-8-12(14)16-10-6-4-2;1-13-9(11)7-5-3-4-6-8(7)10(12)14-2/h22H,4-14H2,1-3H3;3-16H2,1-2H3;9-10,13-14H,3-8H2,1-2H3;5-8H,3-4H2,1-2H3;7-8H,3-6,9-10H2,1-2H3;3-6H,1-2H3/b;;;;8-7-;. The first-order chi connectivity index (χ1) is 53.2. The fourth-order valence-electron chi connectivity index (χ4n) is 8.19. The highest BCUT2D eigenvalue weighted by atomic mass is 16.6. The maximum atomic E-state index is 12.2. The first kappa shape index (κ1) is 109. The van der Waals surface area contributed by atoms with Crippen LogP contribution < -0.4 is 0 Å². The summed E-state index contributed by atoms with van der Waals surface area (Å²) in [6, 6.07) is 12.8. The molecule has 0 aliphatic carbocycles. The number of aliphatic hydroxyl groups excluding tert-OH is 2. The summed E-state index contributed by atoms with van der Waals surface area (Å²) in [5, 5.41) is 29.3. The van der Waals surface area contributed by atoms with Gasteiger partial charge in [-0.25, -0.2) is 43.2 Å². The molecule has 0 aromatic heterocycles. The second-order valence-corrected chi connectivity index (χ2v) is 24.6. The molecule has 0 saturated heterocycles. The molecule has 0 aliphatic rings. The SMILES string of the molecule is CCCCOC(=O)/C=C\C(=O)OCCCC.CCCCOC(=O)C(O)C(O)C(=O)OCCCC.CCCCOC(=O)CC(O)(CC(=O)OCCCC)C(=O)OCCCC.CCCCOC(=O)CCCCCCCCC(=O)OCCCC.CCOC(=O)c1ccccc1C(=O)OCC.COC(=O)c1ccccc1C(=O)OC. The average molecular weight is 1580 g/mol. The second-order valence-electron chi connectivity index (χ2n) is 24.6. The topological polar surface area (TPSA) is 403 Å². The van der Waals surface area contributed by atoms with Crippen molar-refractivity contribution in [2.75, 3.05) is 86.9 Å². The van der Waals surface area contributed by atoms with Crippen molar-refractivity contribution in [3.8, 4) is 0 Å². The van der Waals surface area contributed by atoms with Crippen LogP contribution in [0.4, 0.5) is 0 Å². The van der Waals surface area contributed by atoms with Gasteiger partial charge in [0.2, 0.25) is 0 Å². The van der Waals surface area contributed by atoms with Gasteiger partial charge in [0, 0.05) is 25.0 Å². The van der Waals surface area contributed by atoms with Gasteiger partial charge in [0.25, 0.3) is 0 Å². The summed E-state index contributed by atoms with van der Waals surface area (Å²) in [4.78, 5) is 149. The summed E-state index contributed by atoms with van der Waals surface area (Å²) >= 11 is 0. The number of rotatable bonds is 52. The van der Waals surface area contributed by atoms with E-state index in [2.05, 4.69) is 32.8 Å². The van der Waals surface area contributed by atoms with Crippen LogP contribution in [0.3, 0.4) is 0 Å². The molecule has 0 bridgehead atoms. The van der Waals surface area contributed by atoms with E-state index in [1.54, 1.807) is 50.2 Å². The highest BCUT2D eigenvalue weighted by molar-refractivity contribution is 6.04. The lowest BCUT2D eigenvalue weighted by atomic mass is 9.95. The third kappa shape index (κ3) is 60.6. The van der Waals surface area contributed by atoms with Crippen molar-refractivity contribution < 1.29 is 139 Å². The number of carbonyl (C=O) groups excluding carboxylic acids is 13. The number of hydrogen-bond donors (Lipinski definition) is 3. The van der Waals surface area contributed by atoms with Gasteiger partial charge in [-0.15, -0.1) is 0 Å². The lowest BCUT2D eigenvalue weighted by Gasteiger charge is -2.24. The van der Waals surface area contributed by atoms with Crippen molar-refractivity contribution in [1.29, 1.82) is 0 Å². The monoisotopic (exact) mass is 1580 g/mol. The van der Waals surface area contributed by atoms with Crippen LogP contribution in [0.5, 0.6) is 0 Å².